The third kappa shape index (κ3) is 4.54. The number of likely N-dealkylation sites (tertiary alicyclic amines) is 1. The highest BCUT2D eigenvalue weighted by atomic mass is 19.4. The van der Waals surface area contributed by atoms with E-state index in [0.29, 0.717) is 24.0 Å². The van der Waals surface area contributed by atoms with Crippen molar-refractivity contribution < 1.29 is 23.0 Å². The van der Waals surface area contributed by atoms with Crippen LogP contribution in [0.5, 0.6) is 5.75 Å². The zero-order chi connectivity index (χ0) is 22.7. The van der Waals surface area contributed by atoms with Gasteiger partial charge in [-0.25, -0.2) is 9.97 Å². The topological polar surface area (TPSA) is 98.1 Å². The lowest BCUT2D eigenvalue weighted by atomic mass is 10.1. The number of aromatic nitrogens is 3. The van der Waals surface area contributed by atoms with E-state index in [0.717, 1.165) is 25.5 Å². The number of nitrogens with one attached hydrogen (secondary N) is 1. The van der Waals surface area contributed by atoms with Crippen molar-refractivity contribution in [1.29, 1.82) is 5.26 Å². The fourth-order valence-corrected chi connectivity index (χ4v) is 4.05. The summed E-state index contributed by atoms with van der Waals surface area (Å²) >= 11 is 0. The number of nitrogens with zero attached hydrogens (tertiary/aromatic N) is 4. The average Bonchev–Trinajstić information content (AvgIpc) is 3.44. The van der Waals surface area contributed by atoms with Gasteiger partial charge in [0.2, 0.25) is 0 Å². The van der Waals surface area contributed by atoms with Gasteiger partial charge in [0.25, 0.3) is 0 Å². The van der Waals surface area contributed by atoms with Crippen LogP contribution in [0, 0.1) is 11.3 Å². The quantitative estimate of drug-likeness (QED) is 0.538. The highest BCUT2D eigenvalue weighted by molar-refractivity contribution is 5.83. The lowest BCUT2D eigenvalue weighted by molar-refractivity contribution is -0.138. The summed E-state index contributed by atoms with van der Waals surface area (Å²) in [5.41, 5.74) is 0.488. The summed E-state index contributed by atoms with van der Waals surface area (Å²) in [6, 6.07) is 7.39. The highest BCUT2D eigenvalue weighted by Crippen LogP contribution is 2.39. The molecule has 0 radical (unpaired) electrons. The summed E-state index contributed by atoms with van der Waals surface area (Å²) in [6.07, 6.45) is -0.710. The Morgan fingerprint density at radius 1 is 1.31 bits per heavy atom. The number of aliphatic hydroxyl groups excluding tert-OH is 1. The number of rotatable bonds is 7. The number of aromatic amines is 1. The Bertz CT molecular complexity index is 1140. The van der Waals surface area contributed by atoms with Crippen molar-refractivity contribution in [3.63, 3.8) is 0 Å². The standard InChI is InChI=1S/C22H22F3N5O2/c23-22(24,25)16-9-14(17-10-18-21(28-13-27-18)19(11-26)29-17)4-5-20(16)32-8-2-7-30-6-1-3-15(30)12-31/h4-5,9-10,13,15,31H,1-3,6-8,12H2,(H,27,28)/t15-/m1/s1. The molecule has 10 heteroatoms. The van der Waals surface area contributed by atoms with Gasteiger partial charge in [-0.3, -0.25) is 4.90 Å². The summed E-state index contributed by atoms with van der Waals surface area (Å²) in [4.78, 5) is 13.2. The number of alkyl halides is 3. The van der Waals surface area contributed by atoms with Crippen LogP contribution < -0.4 is 4.74 Å². The van der Waals surface area contributed by atoms with E-state index in [1.165, 1.54) is 18.5 Å². The SMILES string of the molecule is N#Cc1nc(-c2ccc(OCCCN3CCC[C@@H]3CO)c(C(F)(F)F)c2)cc2[nH]cnc12. The van der Waals surface area contributed by atoms with Crippen LogP contribution in [0.25, 0.3) is 22.3 Å². The maximum Gasteiger partial charge on any atom is 0.419 e. The fourth-order valence-electron chi connectivity index (χ4n) is 4.05. The van der Waals surface area contributed by atoms with Crippen LogP contribution in [0.3, 0.4) is 0 Å². The predicted octanol–water partition coefficient (Wildman–Crippen LogP) is 3.74. The van der Waals surface area contributed by atoms with Crippen molar-refractivity contribution in [2.75, 3.05) is 26.3 Å². The van der Waals surface area contributed by atoms with Crippen LogP contribution >= 0.6 is 0 Å². The molecule has 1 aliphatic heterocycles. The average molecular weight is 445 g/mol. The molecule has 1 aromatic carbocycles. The van der Waals surface area contributed by atoms with Crippen LogP contribution in [0.1, 0.15) is 30.5 Å². The van der Waals surface area contributed by atoms with E-state index in [1.807, 2.05) is 6.07 Å². The molecule has 1 fully saturated rings. The lowest BCUT2D eigenvalue weighted by Gasteiger charge is -2.22. The maximum absolute atomic E-state index is 13.7. The largest absolute Gasteiger partial charge is 0.493 e. The Balaban J connectivity index is 1.53. The van der Waals surface area contributed by atoms with Crippen LogP contribution in [-0.2, 0) is 6.18 Å². The molecule has 0 amide bonds. The van der Waals surface area contributed by atoms with Crippen LogP contribution in [0.15, 0.2) is 30.6 Å². The van der Waals surface area contributed by atoms with Gasteiger partial charge in [0, 0.05) is 18.2 Å². The molecule has 168 valence electrons. The molecule has 0 saturated carbocycles. The van der Waals surface area contributed by atoms with Crippen LogP contribution in [0.2, 0.25) is 0 Å². The second kappa shape index (κ2) is 9.14. The molecule has 1 saturated heterocycles. The van der Waals surface area contributed by atoms with Gasteiger partial charge < -0.3 is 14.8 Å². The minimum atomic E-state index is -4.61. The second-order valence-electron chi connectivity index (χ2n) is 7.69. The number of H-pyrrole nitrogens is 1. The molecular weight excluding hydrogens is 423 g/mol. The van der Waals surface area contributed by atoms with E-state index in [2.05, 4.69) is 19.9 Å². The van der Waals surface area contributed by atoms with Gasteiger partial charge in [0.15, 0.2) is 5.69 Å². The first-order chi connectivity index (χ1) is 15.4. The summed E-state index contributed by atoms with van der Waals surface area (Å²) < 4.78 is 46.7. The number of aliphatic hydroxyl groups is 1. The summed E-state index contributed by atoms with van der Waals surface area (Å²) in [6.45, 7) is 1.77. The van der Waals surface area contributed by atoms with E-state index in [-0.39, 0.29) is 42.0 Å². The molecular formula is C22H22F3N5O2. The maximum atomic E-state index is 13.7. The number of hydrogen-bond donors (Lipinski definition) is 2. The number of fused-ring (bicyclic) bond motifs is 1. The summed E-state index contributed by atoms with van der Waals surface area (Å²) in [5, 5.41) is 18.7. The molecule has 4 rings (SSSR count). The Kier molecular flexibility index (Phi) is 6.30. The zero-order valence-corrected chi connectivity index (χ0v) is 17.2. The molecule has 0 aliphatic carbocycles. The Morgan fingerprint density at radius 3 is 2.91 bits per heavy atom. The number of halogens is 3. The highest BCUT2D eigenvalue weighted by Gasteiger charge is 2.35. The van der Waals surface area contributed by atoms with Crippen molar-refractivity contribution in [2.45, 2.75) is 31.5 Å². The predicted molar refractivity (Wildman–Crippen MR) is 111 cm³/mol. The minimum Gasteiger partial charge on any atom is -0.493 e. The second-order valence-corrected chi connectivity index (χ2v) is 7.69. The fraction of sp³-hybridized carbons (Fsp3) is 0.409. The normalized spacial score (nSPS) is 17.0. The van der Waals surface area contributed by atoms with E-state index in [1.54, 1.807) is 6.07 Å². The van der Waals surface area contributed by atoms with Crippen LogP contribution in [0.4, 0.5) is 13.2 Å². The first-order valence-electron chi connectivity index (χ1n) is 10.3. The van der Waals surface area contributed by atoms with E-state index >= 15 is 0 Å². The molecule has 0 bridgehead atoms. The molecule has 0 unspecified atom stereocenters. The first kappa shape index (κ1) is 22.0. The van der Waals surface area contributed by atoms with Gasteiger partial charge in [0.1, 0.15) is 17.3 Å². The van der Waals surface area contributed by atoms with Crippen molar-refractivity contribution in [3.8, 4) is 23.1 Å². The molecule has 7 nitrogen and oxygen atoms in total. The Hall–Kier alpha value is -3.16. The third-order valence-electron chi connectivity index (χ3n) is 5.65. The molecule has 3 heterocycles. The number of imidazole rings is 1. The van der Waals surface area contributed by atoms with E-state index in [4.69, 9.17) is 4.74 Å². The Labute approximate surface area is 182 Å². The van der Waals surface area contributed by atoms with Gasteiger partial charge in [-0.1, -0.05) is 0 Å². The number of nitriles is 1. The van der Waals surface area contributed by atoms with Crippen molar-refractivity contribution in [2.24, 2.45) is 0 Å². The van der Waals surface area contributed by atoms with E-state index < -0.39 is 11.7 Å². The first-order valence-corrected chi connectivity index (χ1v) is 10.3. The minimum absolute atomic E-state index is 0.0377. The van der Waals surface area contributed by atoms with Crippen molar-refractivity contribution in [1.82, 2.24) is 19.9 Å². The third-order valence-corrected chi connectivity index (χ3v) is 5.65. The Morgan fingerprint density at radius 2 is 2.16 bits per heavy atom. The molecule has 3 aromatic rings. The van der Waals surface area contributed by atoms with Crippen molar-refractivity contribution in [3.05, 3.63) is 41.9 Å². The smallest absolute Gasteiger partial charge is 0.419 e. The van der Waals surface area contributed by atoms with Crippen molar-refractivity contribution >= 4 is 11.0 Å². The van der Waals surface area contributed by atoms with E-state index in [9.17, 15) is 23.5 Å². The summed E-state index contributed by atoms with van der Waals surface area (Å²) in [5.74, 6) is -0.246. The molecule has 2 N–H and O–H groups in total. The zero-order valence-electron chi connectivity index (χ0n) is 17.2. The number of benzene rings is 1. The monoisotopic (exact) mass is 445 g/mol. The van der Waals surface area contributed by atoms with Gasteiger partial charge in [0.05, 0.1) is 36.3 Å². The van der Waals surface area contributed by atoms with Crippen LogP contribution in [-0.4, -0.2) is 57.3 Å². The number of hydrogen-bond acceptors (Lipinski definition) is 6. The molecule has 32 heavy (non-hydrogen) atoms. The molecule has 2 aromatic heterocycles. The molecule has 1 atom stereocenters. The molecule has 1 aliphatic rings. The van der Waals surface area contributed by atoms with Gasteiger partial charge in [-0.05, 0) is 50.1 Å². The lowest BCUT2D eigenvalue weighted by Crippen LogP contribution is -2.33. The molecule has 0 spiro atoms. The number of pyridine rings is 1. The summed E-state index contributed by atoms with van der Waals surface area (Å²) in [7, 11) is 0. The van der Waals surface area contributed by atoms with Gasteiger partial charge >= 0.3 is 6.18 Å². The van der Waals surface area contributed by atoms with Gasteiger partial charge in [-0.15, -0.1) is 0 Å². The number of ether oxygens (including phenoxy) is 1. The van der Waals surface area contributed by atoms with Gasteiger partial charge in [-0.2, -0.15) is 18.4 Å².